The van der Waals surface area contributed by atoms with E-state index in [0.717, 1.165) is 6.42 Å². The molecule has 0 aromatic rings. The number of ketones is 1. The average molecular weight is 298 g/mol. The minimum absolute atomic E-state index is 0.0855. The number of allylic oxidation sites excluding steroid dienone is 3. The summed E-state index contributed by atoms with van der Waals surface area (Å²) in [6.07, 6.45) is 5.49. The molecule has 4 nitrogen and oxygen atoms in total. The lowest BCUT2D eigenvalue weighted by Crippen LogP contribution is -2.24. The third-order valence-corrected chi connectivity index (χ3v) is 3.26. The van der Waals surface area contributed by atoms with Gasteiger partial charge in [-0.25, -0.2) is 0 Å². The third kappa shape index (κ3) is 4.53. The van der Waals surface area contributed by atoms with Crippen molar-refractivity contribution in [2.75, 3.05) is 6.61 Å². The molecule has 0 spiro atoms. The highest BCUT2D eigenvalue weighted by Gasteiger charge is 2.29. The smallest absolute Gasteiger partial charge is 0.168 e. The molecule has 5 heteroatoms. The Labute approximate surface area is 124 Å². The lowest BCUT2D eigenvalue weighted by molar-refractivity contribution is -0.116. The van der Waals surface area contributed by atoms with E-state index in [4.69, 9.17) is 16.4 Å². The number of carbonyl (C=O) groups excluding carboxylic acids is 1. The van der Waals surface area contributed by atoms with Crippen LogP contribution >= 0.6 is 11.6 Å². The maximum Gasteiger partial charge on any atom is 0.168 e. The first-order valence-corrected chi connectivity index (χ1v) is 7.08. The number of hydrogen-bond acceptors (Lipinski definition) is 4. The fourth-order valence-corrected chi connectivity index (χ4v) is 2.26. The quantitative estimate of drug-likeness (QED) is 0.336. The molecule has 0 radical (unpaired) electrons. The van der Waals surface area contributed by atoms with Crippen molar-refractivity contribution in [1.82, 2.24) is 0 Å². The molecule has 1 atom stereocenters. The summed E-state index contributed by atoms with van der Waals surface area (Å²) in [5.74, 6) is 0.143. The Morgan fingerprint density at radius 1 is 1.60 bits per heavy atom. The van der Waals surface area contributed by atoms with Crippen LogP contribution in [-0.2, 0) is 9.63 Å². The Bertz CT molecular complexity index is 452. The Kier molecular flexibility index (Phi) is 7.09. The van der Waals surface area contributed by atoms with Gasteiger partial charge in [0.25, 0.3) is 0 Å². The highest BCUT2D eigenvalue weighted by atomic mass is 35.5. The number of Topliss-reactive ketones (excluding diaryl/α,β-unsaturated/α-hetero) is 1. The Morgan fingerprint density at radius 3 is 2.90 bits per heavy atom. The van der Waals surface area contributed by atoms with Gasteiger partial charge in [0.15, 0.2) is 5.78 Å². The number of halogens is 1. The van der Waals surface area contributed by atoms with E-state index in [9.17, 15) is 9.90 Å². The van der Waals surface area contributed by atoms with Crippen LogP contribution in [0.1, 0.15) is 32.6 Å². The van der Waals surface area contributed by atoms with Gasteiger partial charge in [-0.1, -0.05) is 29.8 Å². The predicted molar refractivity (Wildman–Crippen MR) is 80.9 cm³/mol. The second kappa shape index (κ2) is 8.59. The molecule has 0 aromatic heterocycles. The van der Waals surface area contributed by atoms with Crippen molar-refractivity contribution in [3.05, 3.63) is 35.6 Å². The first-order valence-electron chi connectivity index (χ1n) is 6.64. The summed E-state index contributed by atoms with van der Waals surface area (Å²) in [7, 11) is 0. The minimum Gasteiger partial charge on any atom is -0.511 e. The standard InChI is InChI=1S/C15H20ClNO3/c1-3-6-11-9-13(18)15(14(19)10-11)12(4-2)17-20-8-5-7-16/h3,5,7,11,18H,1,4,6,8-10H2,2H3/b7-5+,17-12-/t11-/m1/s1. The van der Waals surface area contributed by atoms with Gasteiger partial charge in [0, 0.05) is 18.4 Å². The van der Waals surface area contributed by atoms with E-state index in [1.54, 1.807) is 12.2 Å². The van der Waals surface area contributed by atoms with Crippen LogP contribution in [0.2, 0.25) is 0 Å². The van der Waals surface area contributed by atoms with Crippen molar-refractivity contribution in [2.45, 2.75) is 32.6 Å². The predicted octanol–water partition coefficient (Wildman–Crippen LogP) is 3.89. The summed E-state index contributed by atoms with van der Waals surface area (Å²) in [5.41, 5.74) is 2.12. The molecule has 0 fully saturated rings. The molecule has 0 unspecified atom stereocenters. The minimum atomic E-state index is -0.0855. The monoisotopic (exact) mass is 297 g/mol. The second-order valence-corrected chi connectivity index (χ2v) is 4.84. The highest BCUT2D eigenvalue weighted by molar-refractivity contribution is 6.25. The molecule has 110 valence electrons. The molecule has 0 bridgehead atoms. The van der Waals surface area contributed by atoms with Crippen molar-refractivity contribution >= 4 is 23.1 Å². The number of carbonyl (C=O) groups is 1. The van der Waals surface area contributed by atoms with Crippen LogP contribution in [0.3, 0.4) is 0 Å². The van der Waals surface area contributed by atoms with E-state index < -0.39 is 0 Å². The van der Waals surface area contributed by atoms with E-state index in [1.807, 2.05) is 6.92 Å². The number of rotatable bonds is 7. The van der Waals surface area contributed by atoms with Crippen molar-refractivity contribution < 1.29 is 14.7 Å². The Morgan fingerprint density at radius 2 is 2.35 bits per heavy atom. The summed E-state index contributed by atoms with van der Waals surface area (Å²) in [6.45, 7) is 5.76. The van der Waals surface area contributed by atoms with Crippen molar-refractivity contribution in [2.24, 2.45) is 11.1 Å². The van der Waals surface area contributed by atoms with Crippen LogP contribution in [0.4, 0.5) is 0 Å². The van der Waals surface area contributed by atoms with Gasteiger partial charge in [-0.15, -0.1) is 6.58 Å². The number of hydrogen-bond donors (Lipinski definition) is 1. The molecule has 0 aromatic carbocycles. The van der Waals surface area contributed by atoms with Crippen LogP contribution in [0, 0.1) is 5.92 Å². The summed E-state index contributed by atoms with van der Waals surface area (Å²) in [5, 5.41) is 14.0. The van der Waals surface area contributed by atoms with Gasteiger partial charge in [0.05, 0.1) is 11.3 Å². The molecule has 0 heterocycles. The SMILES string of the molecule is C=CC[C@H]1CC(=O)C(/C(CC)=N\OC/C=C/Cl)=C(O)C1. The van der Waals surface area contributed by atoms with Crippen LogP contribution in [0.25, 0.3) is 0 Å². The molecule has 0 amide bonds. The molecule has 0 aliphatic heterocycles. The maximum atomic E-state index is 12.2. The molecule has 1 aliphatic rings. The van der Waals surface area contributed by atoms with Crippen molar-refractivity contribution in [1.29, 1.82) is 0 Å². The first-order chi connectivity index (χ1) is 9.63. The van der Waals surface area contributed by atoms with Gasteiger partial charge in [0.1, 0.15) is 12.4 Å². The second-order valence-electron chi connectivity index (χ2n) is 4.59. The van der Waals surface area contributed by atoms with Gasteiger partial charge in [-0.2, -0.15) is 0 Å². The molecule has 1 rings (SSSR count). The molecule has 0 saturated carbocycles. The van der Waals surface area contributed by atoms with Crippen LogP contribution in [-0.4, -0.2) is 23.2 Å². The maximum absolute atomic E-state index is 12.2. The van der Waals surface area contributed by atoms with Gasteiger partial charge >= 0.3 is 0 Å². The zero-order valence-electron chi connectivity index (χ0n) is 11.6. The van der Waals surface area contributed by atoms with Crippen LogP contribution in [0.5, 0.6) is 0 Å². The van der Waals surface area contributed by atoms with E-state index in [1.165, 1.54) is 5.54 Å². The van der Waals surface area contributed by atoms with E-state index in [0.29, 0.717) is 30.5 Å². The summed E-state index contributed by atoms with van der Waals surface area (Å²) >= 11 is 5.37. The largest absolute Gasteiger partial charge is 0.511 e. The summed E-state index contributed by atoms with van der Waals surface area (Å²) in [4.78, 5) is 17.2. The van der Waals surface area contributed by atoms with E-state index in [2.05, 4.69) is 11.7 Å². The number of nitrogens with zero attached hydrogens (tertiary/aromatic N) is 1. The zero-order valence-corrected chi connectivity index (χ0v) is 12.4. The highest BCUT2D eigenvalue weighted by Crippen LogP contribution is 2.29. The molecular formula is C15H20ClNO3. The molecule has 0 saturated heterocycles. The summed E-state index contributed by atoms with van der Waals surface area (Å²) in [6, 6.07) is 0. The van der Waals surface area contributed by atoms with Crippen molar-refractivity contribution in [3.63, 3.8) is 0 Å². The topological polar surface area (TPSA) is 58.9 Å². The van der Waals surface area contributed by atoms with Crippen LogP contribution in [0.15, 0.2) is 40.8 Å². The van der Waals surface area contributed by atoms with E-state index in [-0.39, 0.29) is 24.1 Å². The van der Waals surface area contributed by atoms with E-state index >= 15 is 0 Å². The van der Waals surface area contributed by atoms with Gasteiger partial charge in [-0.3, -0.25) is 4.79 Å². The molecule has 1 aliphatic carbocycles. The molecular weight excluding hydrogens is 278 g/mol. The lowest BCUT2D eigenvalue weighted by atomic mass is 9.83. The number of aliphatic hydroxyl groups is 1. The average Bonchev–Trinajstić information content (AvgIpc) is 2.41. The molecule has 20 heavy (non-hydrogen) atoms. The Balaban J connectivity index is 2.87. The van der Waals surface area contributed by atoms with Gasteiger partial charge < -0.3 is 9.94 Å². The number of oxime groups is 1. The zero-order chi connectivity index (χ0) is 15.0. The molecule has 1 N–H and O–H groups in total. The lowest BCUT2D eigenvalue weighted by Gasteiger charge is -2.22. The first kappa shape index (κ1) is 16.5. The normalized spacial score (nSPS) is 20.6. The summed E-state index contributed by atoms with van der Waals surface area (Å²) < 4.78 is 0. The Hall–Kier alpha value is -1.55. The number of aliphatic hydroxyl groups excluding tert-OH is 1. The van der Waals surface area contributed by atoms with Gasteiger partial charge in [0.2, 0.25) is 0 Å². The van der Waals surface area contributed by atoms with Crippen molar-refractivity contribution in [3.8, 4) is 0 Å². The third-order valence-electron chi connectivity index (χ3n) is 3.08. The fourth-order valence-electron chi connectivity index (χ4n) is 2.18. The fraction of sp³-hybridized carbons (Fsp3) is 0.467. The van der Waals surface area contributed by atoms with Crippen LogP contribution < -0.4 is 0 Å². The van der Waals surface area contributed by atoms with Gasteiger partial charge in [-0.05, 0) is 24.8 Å².